The van der Waals surface area contributed by atoms with Crippen LogP contribution in [0, 0.1) is 29.1 Å². The second-order valence-electron chi connectivity index (χ2n) is 10.1. The molecule has 9 heteroatoms. The molecule has 1 aliphatic carbocycles. The van der Waals surface area contributed by atoms with E-state index < -0.39 is 46.4 Å². The Balaban J connectivity index is 1.40. The van der Waals surface area contributed by atoms with Gasteiger partial charge in [0.2, 0.25) is 17.5 Å². The first-order valence-corrected chi connectivity index (χ1v) is 14.2. The molecule has 0 N–H and O–H groups in total. The van der Waals surface area contributed by atoms with Gasteiger partial charge in [-0.05, 0) is 85.6 Å². The van der Waals surface area contributed by atoms with Crippen LogP contribution in [0.2, 0.25) is 0 Å². The molecule has 1 aliphatic rings. The van der Waals surface area contributed by atoms with Gasteiger partial charge in [0, 0.05) is 0 Å². The maximum atomic E-state index is 15.0. The summed E-state index contributed by atoms with van der Waals surface area (Å²) in [6, 6.07) is 9.06. The fraction of sp³-hybridized carbons (Fsp3) is 0.364. The maximum Gasteiger partial charge on any atom is 0.346 e. The number of esters is 1. The molecule has 0 fully saturated rings. The van der Waals surface area contributed by atoms with Crippen molar-refractivity contribution in [3.8, 4) is 17.2 Å². The van der Waals surface area contributed by atoms with Crippen LogP contribution in [0.15, 0.2) is 48.5 Å². The van der Waals surface area contributed by atoms with Crippen molar-refractivity contribution < 1.29 is 41.0 Å². The van der Waals surface area contributed by atoms with Crippen molar-refractivity contribution in [1.29, 1.82) is 0 Å². The molecule has 0 bridgehead atoms. The lowest BCUT2D eigenvalue weighted by Gasteiger charge is -2.23. The molecule has 0 saturated heterocycles. The quantitative estimate of drug-likeness (QED) is 0.0916. The van der Waals surface area contributed by atoms with E-state index in [4.69, 9.17) is 14.2 Å². The summed E-state index contributed by atoms with van der Waals surface area (Å²) in [5.74, 6) is -8.09. The number of ether oxygens (including phenoxy) is 3. The van der Waals surface area contributed by atoms with Crippen LogP contribution in [0.5, 0.6) is 17.2 Å². The maximum absolute atomic E-state index is 15.0. The number of hydrogen-bond acceptors (Lipinski definition) is 4. The Morgan fingerprint density at radius 1 is 0.810 bits per heavy atom. The Hall–Kier alpha value is -3.88. The average Bonchev–Trinajstić information content (AvgIpc) is 2.99. The molecule has 4 nitrogen and oxygen atoms in total. The molecule has 0 spiro atoms. The molecule has 0 radical (unpaired) electrons. The van der Waals surface area contributed by atoms with E-state index in [-0.39, 0.29) is 36.2 Å². The summed E-state index contributed by atoms with van der Waals surface area (Å²) < 4.78 is 88.3. The molecule has 0 aromatic heterocycles. The third-order valence-corrected chi connectivity index (χ3v) is 7.26. The zero-order chi connectivity index (χ0) is 30.2. The number of benzene rings is 3. The highest BCUT2D eigenvalue weighted by Crippen LogP contribution is 2.39. The number of hydrogen-bond donors (Lipinski definition) is 0. The molecule has 1 unspecified atom stereocenters. The highest BCUT2D eigenvalue weighted by Gasteiger charge is 2.25. The van der Waals surface area contributed by atoms with Gasteiger partial charge in [-0.3, -0.25) is 0 Å². The fourth-order valence-corrected chi connectivity index (χ4v) is 4.96. The van der Waals surface area contributed by atoms with Crippen molar-refractivity contribution in [2.45, 2.75) is 64.7 Å². The van der Waals surface area contributed by atoms with E-state index in [0.717, 1.165) is 43.0 Å². The number of rotatable bonds is 12. The van der Waals surface area contributed by atoms with E-state index in [1.54, 1.807) is 6.92 Å². The normalized spacial score (nSPS) is 14.8. The number of carbonyl (C=O) groups is 1. The van der Waals surface area contributed by atoms with Gasteiger partial charge >= 0.3 is 5.97 Å². The molecule has 3 aromatic carbocycles. The van der Waals surface area contributed by atoms with E-state index >= 15 is 0 Å². The largest absolute Gasteiger partial charge is 0.491 e. The van der Waals surface area contributed by atoms with Crippen LogP contribution in [0.4, 0.5) is 22.0 Å². The van der Waals surface area contributed by atoms with E-state index in [9.17, 15) is 26.7 Å². The van der Waals surface area contributed by atoms with E-state index in [0.29, 0.717) is 31.2 Å². The molecule has 4 rings (SSSR count). The van der Waals surface area contributed by atoms with Crippen LogP contribution in [-0.2, 0) is 0 Å². The monoisotopic (exact) mass is 588 g/mol. The summed E-state index contributed by atoms with van der Waals surface area (Å²) >= 11 is 0. The lowest BCUT2D eigenvalue weighted by Crippen LogP contribution is -2.13. The lowest BCUT2D eigenvalue weighted by atomic mass is 9.82. The summed E-state index contributed by atoms with van der Waals surface area (Å²) in [6.07, 6.45) is 6.86. The molecule has 3 aromatic rings. The van der Waals surface area contributed by atoms with E-state index in [1.807, 2.05) is 6.08 Å². The first-order chi connectivity index (χ1) is 20.2. The minimum Gasteiger partial charge on any atom is -0.491 e. The number of halogens is 5. The van der Waals surface area contributed by atoms with Gasteiger partial charge in [-0.15, -0.1) is 0 Å². The van der Waals surface area contributed by atoms with Crippen LogP contribution in [0.3, 0.4) is 0 Å². The van der Waals surface area contributed by atoms with Crippen LogP contribution in [0.1, 0.15) is 86.2 Å². The van der Waals surface area contributed by atoms with Gasteiger partial charge in [-0.1, -0.05) is 44.4 Å². The second kappa shape index (κ2) is 14.3. The topological polar surface area (TPSA) is 44.8 Å². The predicted molar refractivity (Wildman–Crippen MR) is 149 cm³/mol. The molecule has 0 aliphatic heterocycles. The second-order valence-corrected chi connectivity index (χ2v) is 10.1. The third kappa shape index (κ3) is 7.12. The first-order valence-electron chi connectivity index (χ1n) is 14.2. The Bertz CT molecular complexity index is 1450. The third-order valence-electron chi connectivity index (χ3n) is 7.26. The number of allylic oxidation sites excluding steroid dienone is 2. The summed E-state index contributed by atoms with van der Waals surface area (Å²) in [4.78, 5) is 12.6. The highest BCUT2D eigenvalue weighted by atomic mass is 19.2. The standard InChI is InChI=1S/C33H33F5O4/c1-3-5-6-7-18-41-27-16-17-28(32(38)31(27)37)42-33(39)24-13-12-22(19-25(24)34)20-8-10-21(11-9-20)23-14-15-26(40-4-2)30(36)29(23)35/h8,12-17,19,21H,3-7,9-11,18H2,1-2H3. The molecule has 1 atom stereocenters. The van der Waals surface area contributed by atoms with Gasteiger partial charge in [-0.25, -0.2) is 13.6 Å². The van der Waals surface area contributed by atoms with Crippen LogP contribution < -0.4 is 14.2 Å². The molecular formula is C33H33F5O4. The minimum atomic E-state index is -1.41. The number of unbranched alkanes of at least 4 members (excludes halogenated alkanes) is 3. The average molecular weight is 589 g/mol. The van der Waals surface area contributed by atoms with Gasteiger partial charge in [0.15, 0.2) is 23.1 Å². The van der Waals surface area contributed by atoms with Crippen molar-refractivity contribution in [3.63, 3.8) is 0 Å². The predicted octanol–water partition coefficient (Wildman–Crippen LogP) is 9.31. The van der Waals surface area contributed by atoms with Crippen molar-refractivity contribution in [2.24, 2.45) is 0 Å². The fourth-order valence-electron chi connectivity index (χ4n) is 4.96. The van der Waals surface area contributed by atoms with Crippen LogP contribution in [-0.4, -0.2) is 19.2 Å². The molecule has 0 heterocycles. The van der Waals surface area contributed by atoms with Gasteiger partial charge in [0.05, 0.1) is 18.8 Å². The first kappa shape index (κ1) is 31.1. The molecular weight excluding hydrogens is 555 g/mol. The Labute approximate surface area is 242 Å². The zero-order valence-electron chi connectivity index (χ0n) is 23.6. The smallest absolute Gasteiger partial charge is 0.346 e. The van der Waals surface area contributed by atoms with Crippen molar-refractivity contribution in [2.75, 3.05) is 13.2 Å². The Kier molecular flexibility index (Phi) is 10.6. The van der Waals surface area contributed by atoms with Crippen LogP contribution >= 0.6 is 0 Å². The summed E-state index contributed by atoms with van der Waals surface area (Å²) in [7, 11) is 0. The van der Waals surface area contributed by atoms with Crippen molar-refractivity contribution in [1.82, 2.24) is 0 Å². The van der Waals surface area contributed by atoms with Gasteiger partial charge < -0.3 is 14.2 Å². The van der Waals surface area contributed by atoms with Crippen LogP contribution in [0.25, 0.3) is 5.57 Å². The molecule has 42 heavy (non-hydrogen) atoms. The van der Waals surface area contributed by atoms with Crippen molar-refractivity contribution >= 4 is 11.5 Å². The lowest BCUT2D eigenvalue weighted by molar-refractivity contribution is 0.0721. The molecule has 0 saturated carbocycles. The van der Waals surface area contributed by atoms with E-state index in [1.165, 1.54) is 24.3 Å². The van der Waals surface area contributed by atoms with Gasteiger partial charge in [-0.2, -0.15) is 13.2 Å². The summed E-state index contributed by atoms with van der Waals surface area (Å²) in [5.41, 5.74) is 1.11. The van der Waals surface area contributed by atoms with Crippen molar-refractivity contribution in [3.05, 3.63) is 94.3 Å². The van der Waals surface area contributed by atoms with Gasteiger partial charge in [0.1, 0.15) is 5.82 Å². The Morgan fingerprint density at radius 3 is 2.19 bits per heavy atom. The van der Waals surface area contributed by atoms with Gasteiger partial charge in [0.25, 0.3) is 0 Å². The summed E-state index contributed by atoms with van der Waals surface area (Å²) in [6.45, 7) is 4.18. The summed E-state index contributed by atoms with van der Waals surface area (Å²) in [5, 5.41) is 0. The minimum absolute atomic E-state index is 0.132. The molecule has 0 amide bonds. The SMILES string of the molecule is CCCCCCOc1ccc(OC(=O)c2ccc(C3=CCC(c4ccc(OCC)c(F)c4F)CC3)cc2F)c(F)c1F. The number of carbonyl (C=O) groups excluding carboxylic acids is 1. The Morgan fingerprint density at radius 2 is 1.50 bits per heavy atom. The zero-order valence-corrected chi connectivity index (χ0v) is 23.6. The highest BCUT2D eigenvalue weighted by molar-refractivity contribution is 5.92. The van der Waals surface area contributed by atoms with E-state index in [2.05, 4.69) is 6.92 Å². The molecule has 224 valence electrons.